The highest BCUT2D eigenvalue weighted by molar-refractivity contribution is 5.89. The molecule has 0 saturated carbocycles. The summed E-state index contributed by atoms with van der Waals surface area (Å²) in [5.41, 5.74) is -1.04. The van der Waals surface area contributed by atoms with E-state index in [1.807, 2.05) is 0 Å². The van der Waals surface area contributed by atoms with E-state index in [0.29, 0.717) is 0 Å². The lowest BCUT2D eigenvalue weighted by Crippen LogP contribution is -2.07. The molecule has 1 aromatic rings. The molecule has 0 atom stereocenters. The van der Waals surface area contributed by atoms with E-state index < -0.39 is 24.0 Å². The Hall–Kier alpha value is -1.59. The van der Waals surface area contributed by atoms with Crippen molar-refractivity contribution in [1.29, 1.82) is 0 Å². The minimum Gasteiger partial charge on any atom is -0.462 e. The van der Waals surface area contributed by atoms with E-state index >= 15 is 0 Å². The average Bonchev–Trinajstić information content (AvgIpc) is 2.17. The van der Waals surface area contributed by atoms with E-state index in [9.17, 15) is 18.0 Å². The summed E-state index contributed by atoms with van der Waals surface area (Å²) in [4.78, 5) is 14.1. The third-order valence-corrected chi connectivity index (χ3v) is 1.55. The van der Waals surface area contributed by atoms with Crippen molar-refractivity contribution in [3.8, 4) is 0 Å². The smallest absolute Gasteiger partial charge is 0.338 e. The lowest BCUT2D eigenvalue weighted by molar-refractivity contribution is 0.0525. The van der Waals surface area contributed by atoms with E-state index in [2.05, 4.69) is 9.72 Å². The van der Waals surface area contributed by atoms with Crippen LogP contribution in [0.5, 0.6) is 0 Å². The quantitative estimate of drug-likeness (QED) is 0.578. The van der Waals surface area contributed by atoms with Crippen molar-refractivity contribution in [3.63, 3.8) is 0 Å². The second kappa shape index (κ2) is 4.77. The summed E-state index contributed by atoms with van der Waals surface area (Å²) in [5, 5.41) is 0. The first-order chi connectivity index (χ1) is 7.04. The van der Waals surface area contributed by atoms with Crippen LogP contribution in [0.3, 0.4) is 0 Å². The molecule has 0 radical (unpaired) electrons. The van der Waals surface area contributed by atoms with E-state index in [1.165, 1.54) is 0 Å². The number of esters is 1. The molecular formula is C9H8F3NO2. The second-order valence-corrected chi connectivity index (χ2v) is 2.62. The molecule has 3 nitrogen and oxygen atoms in total. The highest BCUT2D eigenvalue weighted by Crippen LogP contribution is 2.18. The van der Waals surface area contributed by atoms with Crippen LogP contribution in [0.15, 0.2) is 12.1 Å². The molecule has 0 saturated heterocycles. The minimum absolute atomic E-state index is 0.0901. The number of aromatic nitrogens is 1. The molecule has 1 aromatic heterocycles. The molecule has 0 aliphatic heterocycles. The number of ether oxygens (including phenoxy) is 1. The Bertz CT molecular complexity index is 368. The van der Waals surface area contributed by atoms with Crippen LogP contribution in [0.1, 0.15) is 29.4 Å². The number of hydrogen-bond donors (Lipinski definition) is 0. The fourth-order valence-electron chi connectivity index (χ4n) is 0.961. The Morgan fingerprint density at radius 3 is 2.73 bits per heavy atom. The minimum atomic E-state index is -2.92. The predicted octanol–water partition coefficient (Wildman–Crippen LogP) is 2.33. The Morgan fingerprint density at radius 1 is 1.53 bits per heavy atom. The van der Waals surface area contributed by atoms with Crippen LogP contribution in [0, 0.1) is 5.95 Å². The van der Waals surface area contributed by atoms with E-state index in [0.717, 1.165) is 12.1 Å². The third-order valence-electron chi connectivity index (χ3n) is 1.55. The molecule has 0 aliphatic rings. The van der Waals surface area contributed by atoms with E-state index in [1.54, 1.807) is 6.92 Å². The van der Waals surface area contributed by atoms with Crippen LogP contribution in [0.4, 0.5) is 13.2 Å². The molecule has 1 heterocycles. The molecule has 0 aliphatic carbocycles. The molecule has 0 amide bonds. The summed E-state index contributed by atoms with van der Waals surface area (Å²) in [6.07, 6.45) is -2.92. The standard InChI is InChI=1S/C9H8F3NO2/c1-2-15-9(14)5-3-6(8(11)12)13-7(10)4-5/h3-4,8H,2H2,1H3. The van der Waals surface area contributed by atoms with Crippen LogP contribution in [0.2, 0.25) is 0 Å². The van der Waals surface area contributed by atoms with Crippen LogP contribution < -0.4 is 0 Å². The zero-order valence-corrected chi connectivity index (χ0v) is 7.84. The summed E-state index contributed by atoms with van der Waals surface area (Å²) < 4.78 is 41.7. The number of alkyl halides is 2. The molecule has 0 spiro atoms. The van der Waals surface area contributed by atoms with E-state index in [-0.39, 0.29) is 12.2 Å². The van der Waals surface area contributed by atoms with Gasteiger partial charge < -0.3 is 4.74 Å². The van der Waals surface area contributed by atoms with E-state index in [4.69, 9.17) is 0 Å². The van der Waals surface area contributed by atoms with Crippen molar-refractivity contribution in [2.75, 3.05) is 6.61 Å². The third kappa shape index (κ3) is 2.93. The molecule has 1 rings (SSSR count). The highest BCUT2D eigenvalue weighted by atomic mass is 19.3. The van der Waals surface area contributed by atoms with Crippen molar-refractivity contribution < 1.29 is 22.7 Å². The van der Waals surface area contributed by atoms with Crippen molar-refractivity contribution in [2.45, 2.75) is 13.3 Å². The monoisotopic (exact) mass is 219 g/mol. The van der Waals surface area contributed by atoms with Gasteiger partial charge in [0.2, 0.25) is 5.95 Å². The lowest BCUT2D eigenvalue weighted by atomic mass is 10.2. The first-order valence-corrected chi connectivity index (χ1v) is 4.17. The lowest BCUT2D eigenvalue weighted by Gasteiger charge is -2.04. The van der Waals surface area contributed by atoms with Gasteiger partial charge in [0, 0.05) is 6.07 Å². The summed E-state index contributed by atoms with van der Waals surface area (Å²) in [7, 11) is 0. The summed E-state index contributed by atoms with van der Waals surface area (Å²) >= 11 is 0. The molecule has 0 aromatic carbocycles. The first kappa shape index (κ1) is 11.5. The number of rotatable bonds is 3. The Labute approximate surface area is 83.9 Å². The van der Waals surface area contributed by atoms with Crippen molar-refractivity contribution in [1.82, 2.24) is 4.98 Å². The van der Waals surface area contributed by atoms with Gasteiger partial charge in [0.25, 0.3) is 6.43 Å². The van der Waals surface area contributed by atoms with Gasteiger partial charge in [-0.1, -0.05) is 0 Å². The molecule has 0 unspecified atom stereocenters. The highest BCUT2D eigenvalue weighted by Gasteiger charge is 2.15. The first-order valence-electron chi connectivity index (χ1n) is 4.17. The fourth-order valence-corrected chi connectivity index (χ4v) is 0.961. The molecule has 6 heteroatoms. The summed E-state index contributed by atoms with van der Waals surface area (Å²) in [6, 6.07) is 1.57. The topological polar surface area (TPSA) is 39.2 Å². The molecular weight excluding hydrogens is 211 g/mol. The zero-order valence-electron chi connectivity index (χ0n) is 7.84. The van der Waals surface area contributed by atoms with Crippen LogP contribution >= 0.6 is 0 Å². The van der Waals surface area contributed by atoms with Crippen molar-refractivity contribution in [2.24, 2.45) is 0 Å². The molecule has 82 valence electrons. The SMILES string of the molecule is CCOC(=O)c1cc(F)nc(C(F)F)c1. The van der Waals surface area contributed by atoms with Crippen molar-refractivity contribution >= 4 is 5.97 Å². The second-order valence-electron chi connectivity index (χ2n) is 2.62. The maximum absolute atomic E-state index is 12.7. The van der Waals surface area contributed by atoms with Crippen LogP contribution in [-0.4, -0.2) is 17.6 Å². The number of nitrogens with zero attached hydrogens (tertiary/aromatic N) is 1. The number of pyridine rings is 1. The molecule has 15 heavy (non-hydrogen) atoms. The molecule has 0 fully saturated rings. The molecule has 0 bridgehead atoms. The van der Waals surface area contributed by atoms with Gasteiger partial charge >= 0.3 is 5.97 Å². The number of carbonyl (C=O) groups excluding carboxylic acids is 1. The number of hydrogen-bond acceptors (Lipinski definition) is 3. The van der Waals surface area contributed by atoms with Gasteiger partial charge in [-0.15, -0.1) is 0 Å². The van der Waals surface area contributed by atoms with Crippen molar-refractivity contribution in [3.05, 3.63) is 29.3 Å². The average molecular weight is 219 g/mol. The predicted molar refractivity (Wildman–Crippen MR) is 45.1 cm³/mol. The van der Waals surface area contributed by atoms with Gasteiger partial charge in [-0.2, -0.15) is 4.39 Å². The maximum atomic E-state index is 12.7. The Morgan fingerprint density at radius 2 is 2.20 bits per heavy atom. The van der Waals surface area contributed by atoms with Crippen LogP contribution in [0.25, 0.3) is 0 Å². The van der Waals surface area contributed by atoms with Crippen LogP contribution in [-0.2, 0) is 4.74 Å². The zero-order chi connectivity index (χ0) is 11.4. The van der Waals surface area contributed by atoms with Gasteiger partial charge in [-0.25, -0.2) is 18.6 Å². The Kier molecular flexibility index (Phi) is 3.65. The summed E-state index contributed by atoms with van der Waals surface area (Å²) in [6.45, 7) is 1.65. The largest absolute Gasteiger partial charge is 0.462 e. The number of halogens is 3. The van der Waals surface area contributed by atoms with Gasteiger partial charge in [0.1, 0.15) is 5.69 Å². The molecule has 0 N–H and O–H groups in total. The van der Waals surface area contributed by atoms with Gasteiger partial charge in [0.15, 0.2) is 0 Å². The van der Waals surface area contributed by atoms with Gasteiger partial charge in [0.05, 0.1) is 12.2 Å². The van der Waals surface area contributed by atoms with Gasteiger partial charge in [-0.05, 0) is 13.0 Å². The Balaban J connectivity index is 3.03. The van der Waals surface area contributed by atoms with Gasteiger partial charge in [-0.3, -0.25) is 0 Å². The normalized spacial score (nSPS) is 10.5. The summed E-state index contributed by atoms with van der Waals surface area (Å²) in [5.74, 6) is -1.98. The fraction of sp³-hybridized carbons (Fsp3) is 0.333. The number of carbonyl (C=O) groups is 1. The maximum Gasteiger partial charge on any atom is 0.338 e.